The normalized spacial score (nSPS) is 42.7. The zero-order valence-corrected chi connectivity index (χ0v) is 21.8. The second-order valence-electron chi connectivity index (χ2n) is 12.5. The molecule has 2 fully saturated rings. The van der Waals surface area contributed by atoms with Crippen molar-refractivity contribution in [3.63, 3.8) is 0 Å². The maximum Gasteiger partial charge on any atom is 0.310 e. The van der Waals surface area contributed by atoms with E-state index in [1.807, 2.05) is 13.8 Å². The molecule has 194 valence electrons. The third kappa shape index (κ3) is 3.78. The number of rotatable bonds is 6. The summed E-state index contributed by atoms with van der Waals surface area (Å²) in [6.45, 7) is 13.8. The summed E-state index contributed by atoms with van der Waals surface area (Å²) >= 11 is 0. The lowest BCUT2D eigenvalue weighted by atomic mass is 9.47. The summed E-state index contributed by atoms with van der Waals surface area (Å²) in [5, 5.41) is 31.3. The van der Waals surface area contributed by atoms with Crippen LogP contribution in [-0.4, -0.2) is 45.1 Å². The molecule has 0 spiro atoms. The first-order chi connectivity index (χ1) is 16.3. The van der Waals surface area contributed by atoms with Gasteiger partial charge in [-0.15, -0.1) is 0 Å². The minimum atomic E-state index is -1.16. The molecule has 0 radical (unpaired) electrons. The molecule has 3 N–H and O–H groups in total. The van der Waals surface area contributed by atoms with Crippen molar-refractivity contribution >= 4 is 17.5 Å². The smallest absolute Gasteiger partial charge is 0.310 e. The SMILES string of the molecule is C=C(CC[C@@H](C)[C@H]1CC[C@H]2C3=C(C(=O)[C@@H](O)[C@]12C)[C@@]1(C)CC[C@@H](O)[C@@H](C)[C@@H]1CC3=O)[C@H](C)C(=O)O. The molecule has 0 unspecified atom stereocenters. The van der Waals surface area contributed by atoms with Gasteiger partial charge in [-0.05, 0) is 75.0 Å². The van der Waals surface area contributed by atoms with Crippen molar-refractivity contribution in [1.29, 1.82) is 0 Å². The fraction of sp³-hybridized carbons (Fsp3) is 0.759. The standard InChI is InChI=1S/C29H42O6/c1-14(16(3)27(34)35)7-8-15(2)18-9-10-19-23-22(31)13-20-17(4)21(30)11-12-28(20,5)24(23)25(32)26(33)29(18,19)6/h15-21,26,30,33H,1,7-13H2,2-6H3,(H,34,35)/t15-,16+,17+,18-,19+,20+,21-,26-,28+,29-/m1/s1. The van der Waals surface area contributed by atoms with E-state index in [1.165, 1.54) is 0 Å². The fourth-order valence-corrected chi connectivity index (χ4v) is 8.40. The van der Waals surface area contributed by atoms with Gasteiger partial charge in [-0.2, -0.15) is 0 Å². The van der Waals surface area contributed by atoms with Gasteiger partial charge in [0.2, 0.25) is 0 Å². The van der Waals surface area contributed by atoms with E-state index in [4.69, 9.17) is 0 Å². The Kier molecular flexibility index (Phi) is 6.72. The van der Waals surface area contributed by atoms with E-state index in [9.17, 15) is 29.7 Å². The summed E-state index contributed by atoms with van der Waals surface area (Å²) < 4.78 is 0. The molecule has 4 rings (SSSR count). The maximum atomic E-state index is 13.9. The number of hydrogen-bond acceptors (Lipinski definition) is 5. The minimum absolute atomic E-state index is 0.0249. The lowest BCUT2D eigenvalue weighted by molar-refractivity contribution is -0.145. The number of carboxylic acid groups (broad SMARTS) is 1. The molecule has 0 aromatic heterocycles. The molecule has 6 heteroatoms. The summed E-state index contributed by atoms with van der Waals surface area (Å²) in [4.78, 5) is 38.8. The molecule has 0 bridgehead atoms. The van der Waals surface area contributed by atoms with Crippen LogP contribution in [-0.2, 0) is 14.4 Å². The molecule has 0 heterocycles. The van der Waals surface area contributed by atoms with Crippen LogP contribution in [0.25, 0.3) is 0 Å². The number of Topliss-reactive ketones (excluding diaryl/α,β-unsaturated/α-hetero) is 2. The Morgan fingerprint density at radius 1 is 1.14 bits per heavy atom. The second kappa shape index (κ2) is 8.95. The third-order valence-electron chi connectivity index (χ3n) is 10.9. The Labute approximate surface area is 208 Å². The van der Waals surface area contributed by atoms with E-state index in [2.05, 4.69) is 20.4 Å². The Bertz CT molecular complexity index is 980. The van der Waals surface area contributed by atoms with Gasteiger partial charge in [0, 0.05) is 28.4 Å². The zero-order valence-electron chi connectivity index (χ0n) is 21.8. The van der Waals surface area contributed by atoms with Crippen LogP contribution in [0.2, 0.25) is 0 Å². The van der Waals surface area contributed by atoms with Gasteiger partial charge in [-0.1, -0.05) is 39.8 Å². The predicted octanol–water partition coefficient (Wildman–Crippen LogP) is 4.34. The maximum absolute atomic E-state index is 13.9. The lowest BCUT2D eigenvalue weighted by Gasteiger charge is -2.56. The topological polar surface area (TPSA) is 112 Å². The molecule has 0 aliphatic heterocycles. The van der Waals surface area contributed by atoms with Gasteiger partial charge in [-0.3, -0.25) is 14.4 Å². The van der Waals surface area contributed by atoms with E-state index < -0.39 is 34.9 Å². The van der Waals surface area contributed by atoms with Crippen molar-refractivity contribution in [2.75, 3.05) is 0 Å². The van der Waals surface area contributed by atoms with Crippen molar-refractivity contribution in [2.45, 2.75) is 91.8 Å². The highest BCUT2D eigenvalue weighted by atomic mass is 16.4. The van der Waals surface area contributed by atoms with Crippen molar-refractivity contribution in [3.8, 4) is 0 Å². The first-order valence-electron chi connectivity index (χ1n) is 13.3. The molecule has 35 heavy (non-hydrogen) atoms. The van der Waals surface area contributed by atoms with Crippen molar-refractivity contribution in [1.82, 2.24) is 0 Å². The zero-order chi connectivity index (χ0) is 26.0. The molecule has 0 aromatic carbocycles. The number of allylic oxidation sites excluding steroid dienone is 1. The van der Waals surface area contributed by atoms with Crippen LogP contribution in [0.1, 0.15) is 79.6 Å². The minimum Gasteiger partial charge on any atom is -0.481 e. The number of carbonyl (C=O) groups is 3. The van der Waals surface area contributed by atoms with Crippen LogP contribution in [0.4, 0.5) is 0 Å². The number of aliphatic carboxylic acids is 1. The van der Waals surface area contributed by atoms with Gasteiger partial charge in [0.1, 0.15) is 6.10 Å². The monoisotopic (exact) mass is 486 g/mol. The molecule has 4 aliphatic carbocycles. The Balaban J connectivity index is 1.66. The van der Waals surface area contributed by atoms with Gasteiger partial charge in [0.05, 0.1) is 12.0 Å². The average Bonchev–Trinajstić information content (AvgIpc) is 3.16. The average molecular weight is 487 g/mol. The van der Waals surface area contributed by atoms with E-state index in [-0.39, 0.29) is 41.2 Å². The summed E-state index contributed by atoms with van der Waals surface area (Å²) in [5.41, 5.74) is 0.709. The number of aliphatic hydroxyl groups is 2. The fourth-order valence-electron chi connectivity index (χ4n) is 8.40. The molecule has 0 aromatic rings. The van der Waals surface area contributed by atoms with Crippen molar-refractivity contribution < 1.29 is 29.7 Å². The van der Waals surface area contributed by atoms with Crippen LogP contribution in [0, 0.1) is 46.3 Å². The molecular formula is C29H42O6. The molecular weight excluding hydrogens is 444 g/mol. The Morgan fingerprint density at radius 2 is 1.80 bits per heavy atom. The summed E-state index contributed by atoms with van der Waals surface area (Å²) in [5.74, 6) is -1.84. The van der Waals surface area contributed by atoms with Gasteiger partial charge >= 0.3 is 5.97 Å². The van der Waals surface area contributed by atoms with Gasteiger partial charge in [-0.25, -0.2) is 0 Å². The summed E-state index contributed by atoms with van der Waals surface area (Å²) in [7, 11) is 0. The molecule has 2 saturated carbocycles. The van der Waals surface area contributed by atoms with Crippen molar-refractivity contribution in [2.24, 2.45) is 46.3 Å². The summed E-state index contributed by atoms with van der Waals surface area (Å²) in [6, 6.07) is 0. The number of ketones is 2. The number of fused-ring (bicyclic) bond motifs is 4. The Morgan fingerprint density at radius 3 is 2.43 bits per heavy atom. The quantitative estimate of drug-likeness (QED) is 0.482. The molecule has 6 nitrogen and oxygen atoms in total. The number of hydrogen-bond donors (Lipinski definition) is 3. The Hall–Kier alpha value is -1.79. The molecule has 0 amide bonds. The lowest BCUT2D eigenvalue weighted by Crippen LogP contribution is -2.58. The van der Waals surface area contributed by atoms with Crippen molar-refractivity contribution in [3.05, 3.63) is 23.3 Å². The van der Waals surface area contributed by atoms with Crippen LogP contribution in [0.15, 0.2) is 23.3 Å². The highest BCUT2D eigenvalue weighted by Gasteiger charge is 2.65. The highest BCUT2D eigenvalue weighted by molar-refractivity contribution is 6.12. The largest absolute Gasteiger partial charge is 0.481 e. The van der Waals surface area contributed by atoms with E-state index in [0.717, 1.165) is 19.3 Å². The molecule has 0 saturated heterocycles. The number of carbonyl (C=O) groups excluding carboxylic acids is 2. The van der Waals surface area contributed by atoms with Crippen LogP contribution >= 0.6 is 0 Å². The van der Waals surface area contributed by atoms with E-state index in [0.29, 0.717) is 42.4 Å². The number of carboxylic acids is 1. The second-order valence-corrected chi connectivity index (χ2v) is 12.5. The summed E-state index contributed by atoms with van der Waals surface area (Å²) in [6.07, 6.45) is 2.90. The predicted molar refractivity (Wildman–Crippen MR) is 132 cm³/mol. The van der Waals surface area contributed by atoms with Crippen LogP contribution in [0.5, 0.6) is 0 Å². The first-order valence-corrected chi connectivity index (χ1v) is 13.3. The number of aliphatic hydroxyl groups excluding tert-OH is 2. The molecule has 4 aliphatic rings. The van der Waals surface area contributed by atoms with Gasteiger partial charge < -0.3 is 15.3 Å². The van der Waals surface area contributed by atoms with Crippen LogP contribution < -0.4 is 0 Å². The van der Waals surface area contributed by atoms with Gasteiger partial charge in [0.25, 0.3) is 0 Å². The molecule has 10 atom stereocenters. The highest BCUT2D eigenvalue weighted by Crippen LogP contribution is 2.65. The third-order valence-corrected chi connectivity index (χ3v) is 10.9. The van der Waals surface area contributed by atoms with E-state index >= 15 is 0 Å². The van der Waals surface area contributed by atoms with E-state index in [1.54, 1.807) is 6.92 Å². The van der Waals surface area contributed by atoms with Gasteiger partial charge in [0.15, 0.2) is 11.6 Å². The first kappa shape index (κ1) is 26.3. The van der Waals surface area contributed by atoms with Crippen LogP contribution in [0.3, 0.4) is 0 Å².